The van der Waals surface area contributed by atoms with Crippen molar-refractivity contribution in [2.75, 3.05) is 11.9 Å². The van der Waals surface area contributed by atoms with Crippen LogP contribution in [-0.2, 0) is 6.54 Å². The molecular weight excluding hydrogens is 506 g/mol. The lowest BCUT2D eigenvalue weighted by molar-refractivity contribution is 0.701. The highest BCUT2D eigenvalue weighted by atomic mass is 79.9. The first kappa shape index (κ1) is 22.8. The molecule has 34 heavy (non-hydrogen) atoms. The molecule has 2 heterocycles. The van der Waals surface area contributed by atoms with Gasteiger partial charge in [0.2, 0.25) is 0 Å². The zero-order valence-electron chi connectivity index (χ0n) is 18.9. The number of allylic oxidation sites excluding steroid dienone is 4. The first-order valence-electron chi connectivity index (χ1n) is 11.2. The molecule has 0 radical (unpaired) electrons. The SMILES string of the molecule is CN1c2c(Br)cnn2C(NC2=CC=C(SNCc3ccccc3)C=CC2)=CC1c1ccccc1. The van der Waals surface area contributed by atoms with Crippen molar-refractivity contribution in [2.45, 2.75) is 19.0 Å². The standard InChI is InChI=1S/C27H26BrN5S/c1-32-25(21-11-6-3-7-12-21)17-26(33-27(32)24(28)19-29-33)31-22-13-8-14-23(16-15-22)34-30-18-20-9-4-2-5-10-20/h2-12,14-17,19,25,30-31H,13,18H2,1H3. The van der Waals surface area contributed by atoms with Gasteiger partial charge in [0.1, 0.15) is 11.6 Å². The quantitative estimate of drug-likeness (QED) is 0.346. The Bertz CT molecular complexity index is 1260. The number of benzene rings is 2. The molecule has 172 valence electrons. The summed E-state index contributed by atoms with van der Waals surface area (Å²) in [6, 6.07) is 21.1. The summed E-state index contributed by atoms with van der Waals surface area (Å²) in [5, 5.41) is 8.25. The van der Waals surface area contributed by atoms with Crippen molar-refractivity contribution in [3.05, 3.63) is 123 Å². The van der Waals surface area contributed by atoms with Crippen LogP contribution in [0, 0.1) is 0 Å². The van der Waals surface area contributed by atoms with Crippen LogP contribution < -0.4 is 14.9 Å². The third kappa shape index (κ3) is 5.06. The average molecular weight is 533 g/mol. The van der Waals surface area contributed by atoms with E-state index in [-0.39, 0.29) is 6.04 Å². The molecule has 1 unspecified atom stereocenters. The van der Waals surface area contributed by atoms with Crippen LogP contribution in [0.4, 0.5) is 5.82 Å². The maximum atomic E-state index is 4.61. The van der Waals surface area contributed by atoms with E-state index in [0.717, 1.165) is 34.8 Å². The molecule has 1 aromatic heterocycles. The van der Waals surface area contributed by atoms with Crippen LogP contribution in [0.3, 0.4) is 0 Å². The lowest BCUT2D eigenvalue weighted by Gasteiger charge is -2.34. The predicted molar refractivity (Wildman–Crippen MR) is 146 cm³/mol. The Morgan fingerprint density at radius 3 is 2.62 bits per heavy atom. The number of nitrogens with zero attached hydrogens (tertiary/aromatic N) is 3. The van der Waals surface area contributed by atoms with Crippen molar-refractivity contribution < 1.29 is 0 Å². The molecule has 2 aromatic carbocycles. The van der Waals surface area contributed by atoms with Crippen molar-refractivity contribution in [2.24, 2.45) is 0 Å². The molecule has 3 aromatic rings. The van der Waals surface area contributed by atoms with Crippen LogP contribution in [0.1, 0.15) is 23.6 Å². The maximum absolute atomic E-state index is 4.61. The summed E-state index contributed by atoms with van der Waals surface area (Å²) >= 11 is 5.33. The number of aromatic nitrogens is 2. The number of rotatable bonds is 7. The number of fused-ring (bicyclic) bond motifs is 1. The predicted octanol–water partition coefficient (Wildman–Crippen LogP) is 6.39. The van der Waals surface area contributed by atoms with E-state index in [0.29, 0.717) is 0 Å². The molecule has 0 spiro atoms. The molecule has 5 nitrogen and oxygen atoms in total. The Hall–Kier alpha value is -3.00. The van der Waals surface area contributed by atoms with Gasteiger partial charge in [0.15, 0.2) is 0 Å². The molecule has 7 heteroatoms. The first-order chi connectivity index (χ1) is 16.7. The van der Waals surface area contributed by atoms with E-state index in [9.17, 15) is 0 Å². The Morgan fingerprint density at radius 1 is 1.06 bits per heavy atom. The highest BCUT2D eigenvalue weighted by Crippen LogP contribution is 2.38. The summed E-state index contributed by atoms with van der Waals surface area (Å²) in [6.07, 6.45) is 13.6. The Balaban J connectivity index is 1.33. The van der Waals surface area contributed by atoms with Gasteiger partial charge in [-0.25, -0.2) is 4.68 Å². The van der Waals surface area contributed by atoms with Crippen LogP contribution in [0.2, 0.25) is 0 Å². The van der Waals surface area contributed by atoms with E-state index in [1.807, 2.05) is 16.9 Å². The van der Waals surface area contributed by atoms with E-state index in [1.54, 1.807) is 11.9 Å². The molecular formula is C27H26BrN5S. The van der Waals surface area contributed by atoms with Gasteiger partial charge >= 0.3 is 0 Å². The summed E-state index contributed by atoms with van der Waals surface area (Å²) in [6.45, 7) is 0.823. The first-order valence-corrected chi connectivity index (χ1v) is 12.8. The molecule has 0 saturated heterocycles. The third-order valence-corrected chi connectivity index (χ3v) is 7.16. The summed E-state index contributed by atoms with van der Waals surface area (Å²) in [5.41, 5.74) is 3.63. The molecule has 2 aliphatic rings. The molecule has 2 N–H and O–H groups in total. The second kappa shape index (κ2) is 10.5. The minimum absolute atomic E-state index is 0.106. The lowest BCUT2D eigenvalue weighted by Crippen LogP contribution is -2.33. The van der Waals surface area contributed by atoms with Crippen molar-refractivity contribution >= 4 is 39.5 Å². The van der Waals surface area contributed by atoms with Crippen LogP contribution in [0.5, 0.6) is 0 Å². The molecule has 0 fully saturated rings. The van der Waals surface area contributed by atoms with Crippen LogP contribution in [-0.4, -0.2) is 16.8 Å². The minimum Gasteiger partial charge on any atom is -0.348 e. The summed E-state index contributed by atoms with van der Waals surface area (Å²) in [5.74, 6) is 1.99. The van der Waals surface area contributed by atoms with Gasteiger partial charge in [0.25, 0.3) is 0 Å². The Kier molecular flexibility index (Phi) is 7.04. The monoisotopic (exact) mass is 531 g/mol. The molecule has 0 saturated carbocycles. The van der Waals surface area contributed by atoms with Crippen molar-refractivity contribution in [3.63, 3.8) is 0 Å². The van der Waals surface area contributed by atoms with E-state index < -0.39 is 0 Å². The van der Waals surface area contributed by atoms with Gasteiger partial charge in [-0.2, -0.15) is 5.10 Å². The maximum Gasteiger partial charge on any atom is 0.148 e. The second-order valence-electron chi connectivity index (χ2n) is 8.15. The van der Waals surface area contributed by atoms with Crippen molar-refractivity contribution in [1.29, 1.82) is 0 Å². The fourth-order valence-corrected chi connectivity index (χ4v) is 5.32. The number of hydrogen-bond donors (Lipinski definition) is 2. The highest BCUT2D eigenvalue weighted by Gasteiger charge is 2.28. The van der Waals surface area contributed by atoms with E-state index in [4.69, 9.17) is 0 Å². The van der Waals surface area contributed by atoms with Gasteiger partial charge < -0.3 is 10.2 Å². The molecule has 1 aliphatic carbocycles. The minimum atomic E-state index is 0.106. The number of halogens is 1. The Labute approximate surface area is 213 Å². The molecule has 5 rings (SSSR count). The zero-order chi connectivity index (χ0) is 23.3. The number of likely N-dealkylation sites (N-methyl/N-ethyl adjacent to an activating group) is 1. The zero-order valence-corrected chi connectivity index (χ0v) is 21.3. The van der Waals surface area contributed by atoms with E-state index in [1.165, 1.54) is 16.0 Å². The van der Waals surface area contributed by atoms with Gasteiger partial charge in [-0.05, 0) is 57.2 Å². The van der Waals surface area contributed by atoms with Crippen LogP contribution in [0.15, 0.2) is 112 Å². The topological polar surface area (TPSA) is 45.1 Å². The van der Waals surface area contributed by atoms with Crippen molar-refractivity contribution in [3.8, 4) is 0 Å². The number of nitrogens with one attached hydrogen (secondary N) is 2. The Morgan fingerprint density at radius 2 is 1.82 bits per heavy atom. The van der Waals surface area contributed by atoms with Crippen LogP contribution >= 0.6 is 27.9 Å². The number of anilines is 1. The fourth-order valence-electron chi connectivity index (χ4n) is 4.08. The van der Waals surface area contributed by atoms with Gasteiger partial charge in [0, 0.05) is 30.6 Å². The highest BCUT2D eigenvalue weighted by molar-refractivity contribution is 9.10. The molecule has 0 bridgehead atoms. The largest absolute Gasteiger partial charge is 0.348 e. The average Bonchev–Trinajstić information content (AvgIpc) is 3.12. The summed E-state index contributed by atoms with van der Waals surface area (Å²) < 4.78 is 6.38. The van der Waals surface area contributed by atoms with Gasteiger partial charge in [-0.15, -0.1) is 0 Å². The fraction of sp³-hybridized carbons (Fsp3) is 0.148. The van der Waals surface area contributed by atoms with Gasteiger partial charge in [-0.3, -0.25) is 4.72 Å². The third-order valence-electron chi connectivity index (χ3n) is 5.80. The summed E-state index contributed by atoms with van der Waals surface area (Å²) in [7, 11) is 2.10. The second-order valence-corrected chi connectivity index (χ2v) is 9.97. The summed E-state index contributed by atoms with van der Waals surface area (Å²) in [4.78, 5) is 3.42. The van der Waals surface area contributed by atoms with E-state index >= 15 is 0 Å². The smallest absolute Gasteiger partial charge is 0.148 e. The van der Waals surface area contributed by atoms with Gasteiger partial charge in [-0.1, -0.05) is 72.8 Å². The van der Waals surface area contributed by atoms with Crippen molar-refractivity contribution in [1.82, 2.24) is 19.8 Å². The van der Waals surface area contributed by atoms with Crippen LogP contribution in [0.25, 0.3) is 5.82 Å². The molecule has 0 amide bonds. The molecule has 1 atom stereocenters. The number of hydrogen-bond acceptors (Lipinski definition) is 5. The van der Waals surface area contributed by atoms with E-state index in [2.05, 4.69) is 128 Å². The lowest BCUT2D eigenvalue weighted by atomic mass is 10.0. The normalized spacial score (nSPS) is 17.4. The van der Waals surface area contributed by atoms with Gasteiger partial charge in [0.05, 0.1) is 16.7 Å². The molecule has 1 aliphatic heterocycles.